The highest BCUT2D eigenvalue weighted by Crippen LogP contribution is 2.16. The van der Waals surface area contributed by atoms with E-state index in [-0.39, 0.29) is 12.5 Å². The second kappa shape index (κ2) is 10.3. The quantitative estimate of drug-likeness (QED) is 0.724. The van der Waals surface area contributed by atoms with Crippen molar-refractivity contribution in [1.82, 2.24) is 10.6 Å². The van der Waals surface area contributed by atoms with Crippen LogP contribution in [0.5, 0.6) is 0 Å². The SMILES string of the molecule is CC(C)C[C@H](NC(=O)OCc1ccccc1)C(=O)NC(C#N)c1ccsc1. The predicted octanol–water partition coefficient (Wildman–Crippen LogP) is 3.77. The van der Waals surface area contributed by atoms with Crippen LogP contribution in [0, 0.1) is 17.2 Å². The lowest BCUT2D eigenvalue weighted by molar-refractivity contribution is -0.123. The number of amides is 2. The molecule has 0 aliphatic rings. The number of carbonyl (C=O) groups excluding carboxylic acids is 2. The van der Waals surface area contributed by atoms with Gasteiger partial charge in [0.15, 0.2) is 0 Å². The van der Waals surface area contributed by atoms with Crippen molar-refractivity contribution in [2.24, 2.45) is 5.92 Å². The third kappa shape index (κ3) is 6.76. The molecule has 0 aliphatic carbocycles. The van der Waals surface area contributed by atoms with Crippen LogP contribution < -0.4 is 10.6 Å². The largest absolute Gasteiger partial charge is 0.445 e. The van der Waals surface area contributed by atoms with Gasteiger partial charge in [-0.2, -0.15) is 16.6 Å². The number of nitrogens with zero attached hydrogens (tertiary/aromatic N) is 1. The first-order valence-corrected chi connectivity index (χ1v) is 9.63. The van der Waals surface area contributed by atoms with Crippen LogP contribution >= 0.6 is 11.3 Å². The van der Waals surface area contributed by atoms with Gasteiger partial charge in [0.2, 0.25) is 5.91 Å². The third-order valence-corrected chi connectivity index (χ3v) is 4.52. The Morgan fingerprint density at radius 3 is 2.52 bits per heavy atom. The van der Waals surface area contributed by atoms with Gasteiger partial charge in [-0.15, -0.1) is 0 Å². The Balaban J connectivity index is 1.95. The molecular weight excluding hydrogens is 362 g/mol. The number of hydrogen-bond acceptors (Lipinski definition) is 5. The zero-order valence-corrected chi connectivity index (χ0v) is 16.2. The van der Waals surface area contributed by atoms with Gasteiger partial charge in [-0.1, -0.05) is 44.2 Å². The predicted molar refractivity (Wildman–Crippen MR) is 104 cm³/mol. The van der Waals surface area contributed by atoms with Crippen molar-refractivity contribution in [2.45, 2.75) is 39.0 Å². The first-order chi connectivity index (χ1) is 13.0. The van der Waals surface area contributed by atoms with Crippen molar-refractivity contribution in [2.75, 3.05) is 0 Å². The molecule has 0 saturated carbocycles. The zero-order valence-electron chi connectivity index (χ0n) is 15.3. The lowest BCUT2D eigenvalue weighted by Gasteiger charge is -2.21. The van der Waals surface area contributed by atoms with Gasteiger partial charge in [0, 0.05) is 0 Å². The van der Waals surface area contributed by atoms with Gasteiger partial charge in [-0.3, -0.25) is 4.79 Å². The minimum absolute atomic E-state index is 0.123. The molecule has 1 heterocycles. The highest BCUT2D eigenvalue weighted by atomic mass is 32.1. The number of thiophene rings is 1. The molecule has 2 rings (SSSR count). The molecule has 7 heteroatoms. The third-order valence-electron chi connectivity index (χ3n) is 3.82. The molecule has 0 spiro atoms. The molecule has 1 unspecified atom stereocenters. The average molecular weight is 385 g/mol. The fourth-order valence-corrected chi connectivity index (χ4v) is 3.17. The number of nitriles is 1. The summed E-state index contributed by atoms with van der Waals surface area (Å²) >= 11 is 1.45. The molecule has 1 aromatic heterocycles. The summed E-state index contributed by atoms with van der Waals surface area (Å²) in [5, 5.41) is 18.3. The number of alkyl carbamates (subject to hydrolysis) is 1. The van der Waals surface area contributed by atoms with Crippen LogP contribution in [0.2, 0.25) is 0 Å². The standard InChI is InChI=1S/C20H23N3O3S/c1-14(2)10-17(19(24)22-18(11-21)16-8-9-27-13-16)23-20(25)26-12-15-6-4-3-5-7-15/h3-9,13-14,17-18H,10,12H2,1-2H3,(H,22,24)(H,23,25)/t17-,18?/m0/s1. The first kappa shape index (κ1) is 20.5. The summed E-state index contributed by atoms with van der Waals surface area (Å²) in [7, 11) is 0. The smallest absolute Gasteiger partial charge is 0.408 e. The van der Waals surface area contributed by atoms with Crippen LogP contribution in [0.4, 0.5) is 4.79 Å². The molecule has 2 N–H and O–H groups in total. The van der Waals surface area contributed by atoms with Crippen molar-refractivity contribution in [3.63, 3.8) is 0 Å². The maximum atomic E-state index is 12.6. The lowest BCUT2D eigenvalue weighted by atomic mass is 10.0. The Labute approximate surface area is 163 Å². The van der Waals surface area contributed by atoms with E-state index in [1.54, 1.807) is 6.07 Å². The second-order valence-electron chi connectivity index (χ2n) is 6.52. The van der Waals surface area contributed by atoms with Crippen LogP contribution in [-0.2, 0) is 16.1 Å². The summed E-state index contributed by atoms with van der Waals surface area (Å²) in [5.41, 5.74) is 1.59. The van der Waals surface area contributed by atoms with E-state index in [9.17, 15) is 14.9 Å². The number of ether oxygens (including phenoxy) is 1. The maximum Gasteiger partial charge on any atom is 0.408 e. The van der Waals surface area contributed by atoms with E-state index in [2.05, 4.69) is 16.7 Å². The average Bonchev–Trinajstić information content (AvgIpc) is 3.18. The number of hydrogen-bond donors (Lipinski definition) is 2. The van der Waals surface area contributed by atoms with E-state index < -0.39 is 24.1 Å². The van der Waals surface area contributed by atoms with Crippen molar-refractivity contribution < 1.29 is 14.3 Å². The van der Waals surface area contributed by atoms with Crippen molar-refractivity contribution in [1.29, 1.82) is 5.26 Å². The Kier molecular flexibility index (Phi) is 7.83. The van der Waals surface area contributed by atoms with Gasteiger partial charge in [-0.25, -0.2) is 4.79 Å². The fraction of sp³-hybridized carbons (Fsp3) is 0.350. The second-order valence-corrected chi connectivity index (χ2v) is 7.30. The highest BCUT2D eigenvalue weighted by molar-refractivity contribution is 7.08. The normalized spacial score (nSPS) is 12.7. The van der Waals surface area contributed by atoms with Crippen LogP contribution in [0.15, 0.2) is 47.2 Å². The molecule has 2 aromatic rings. The van der Waals surface area contributed by atoms with E-state index >= 15 is 0 Å². The van der Waals surface area contributed by atoms with Gasteiger partial charge < -0.3 is 15.4 Å². The summed E-state index contributed by atoms with van der Waals surface area (Å²) in [6.07, 6.45) is -0.225. The van der Waals surface area contributed by atoms with Gasteiger partial charge >= 0.3 is 6.09 Å². The highest BCUT2D eigenvalue weighted by Gasteiger charge is 2.25. The fourth-order valence-electron chi connectivity index (χ4n) is 2.48. The topological polar surface area (TPSA) is 91.2 Å². The zero-order chi connectivity index (χ0) is 19.6. The lowest BCUT2D eigenvalue weighted by Crippen LogP contribution is -2.48. The number of rotatable bonds is 8. The van der Waals surface area contributed by atoms with Gasteiger partial charge in [-0.05, 0) is 40.3 Å². The van der Waals surface area contributed by atoms with Crippen molar-refractivity contribution in [3.8, 4) is 6.07 Å². The Bertz CT molecular complexity index is 770. The molecule has 0 aliphatic heterocycles. The summed E-state index contributed by atoms with van der Waals surface area (Å²) < 4.78 is 5.20. The molecule has 1 aromatic carbocycles. The minimum atomic E-state index is -0.775. The number of nitrogens with one attached hydrogen (secondary N) is 2. The van der Waals surface area contributed by atoms with Gasteiger partial charge in [0.1, 0.15) is 18.7 Å². The molecular formula is C20H23N3O3S. The summed E-state index contributed by atoms with van der Waals surface area (Å²) in [6, 6.07) is 11.6. The summed E-state index contributed by atoms with van der Waals surface area (Å²) in [6.45, 7) is 4.04. The van der Waals surface area contributed by atoms with Crippen LogP contribution in [0.25, 0.3) is 0 Å². The molecule has 142 valence electrons. The molecule has 27 heavy (non-hydrogen) atoms. The number of benzene rings is 1. The molecule has 0 radical (unpaired) electrons. The summed E-state index contributed by atoms with van der Waals surface area (Å²) in [5.74, 6) is -0.227. The summed E-state index contributed by atoms with van der Waals surface area (Å²) in [4.78, 5) is 24.7. The molecule has 0 fully saturated rings. The molecule has 0 bridgehead atoms. The van der Waals surface area contributed by atoms with Crippen molar-refractivity contribution >= 4 is 23.3 Å². The molecule has 6 nitrogen and oxygen atoms in total. The Hall–Kier alpha value is -2.85. The van der Waals surface area contributed by atoms with Gasteiger partial charge in [0.05, 0.1) is 6.07 Å². The monoisotopic (exact) mass is 385 g/mol. The molecule has 2 atom stereocenters. The number of carbonyl (C=O) groups is 2. The molecule has 0 saturated heterocycles. The van der Waals surface area contributed by atoms with E-state index in [4.69, 9.17) is 4.74 Å². The van der Waals surface area contributed by atoms with E-state index in [0.717, 1.165) is 11.1 Å². The van der Waals surface area contributed by atoms with E-state index in [1.165, 1.54) is 11.3 Å². The van der Waals surface area contributed by atoms with Crippen LogP contribution in [0.3, 0.4) is 0 Å². The molecule has 2 amide bonds. The first-order valence-electron chi connectivity index (χ1n) is 8.69. The van der Waals surface area contributed by atoms with Crippen LogP contribution in [-0.4, -0.2) is 18.0 Å². The van der Waals surface area contributed by atoms with Crippen LogP contribution in [0.1, 0.15) is 37.4 Å². The van der Waals surface area contributed by atoms with Gasteiger partial charge in [0.25, 0.3) is 0 Å². The maximum absolute atomic E-state index is 12.6. The van der Waals surface area contributed by atoms with E-state index in [1.807, 2.05) is 54.9 Å². The minimum Gasteiger partial charge on any atom is -0.445 e. The van der Waals surface area contributed by atoms with E-state index in [0.29, 0.717) is 6.42 Å². The van der Waals surface area contributed by atoms with Crippen molar-refractivity contribution in [3.05, 3.63) is 58.3 Å². The Morgan fingerprint density at radius 1 is 1.19 bits per heavy atom. The Morgan fingerprint density at radius 2 is 1.93 bits per heavy atom.